The van der Waals surface area contributed by atoms with Gasteiger partial charge in [-0.15, -0.1) is 21.9 Å². The maximum Gasteiger partial charge on any atom is 0.136 e. The van der Waals surface area contributed by atoms with Crippen molar-refractivity contribution >= 4 is 110 Å². The van der Waals surface area contributed by atoms with E-state index in [1.807, 2.05) is 84.9 Å². The van der Waals surface area contributed by atoms with Gasteiger partial charge in [-0.2, -0.15) is 0 Å². The Labute approximate surface area is 290 Å². The van der Waals surface area contributed by atoms with E-state index < -0.39 is 0 Å². The summed E-state index contributed by atoms with van der Waals surface area (Å²) >= 11 is 0. The van der Waals surface area contributed by atoms with Gasteiger partial charge in [-0.3, -0.25) is 0 Å². The van der Waals surface area contributed by atoms with E-state index in [9.17, 15) is 0 Å². The molecule has 1 heterocycles. The van der Waals surface area contributed by atoms with E-state index in [4.69, 9.17) is 35.8 Å². The van der Waals surface area contributed by atoms with Gasteiger partial charge in [0.1, 0.15) is 42.6 Å². The van der Waals surface area contributed by atoms with Gasteiger partial charge in [0.05, 0.1) is 0 Å². The predicted octanol–water partition coefficient (Wildman–Crippen LogP) is 6.01. The smallest absolute Gasteiger partial charge is 0.136 e. The lowest BCUT2D eigenvalue weighted by molar-refractivity contribution is 0.669. The monoisotopic (exact) mass is 614 g/mol. The molecule has 0 aliphatic rings. The standard InChI is InChI=1S/C44H26B4O/c1-25-9-6-7-11-26(2)30(14-8-10-25)28-15-17-31-32-19-29(16-18-41(32)49-42(31)20-28)44-35-23-39(47)37(45)21-33(35)43(27-12-4-3-5-13-27)34-22-38(46)40(48)24-36(34)44/h3-24H,1-2H2. The normalized spacial score (nSPS) is 11.3. The molecule has 5 heteroatoms. The zero-order chi connectivity index (χ0) is 33.8. The Morgan fingerprint density at radius 2 is 0.939 bits per heavy atom. The lowest BCUT2D eigenvalue weighted by Gasteiger charge is -2.21. The first-order valence-electron chi connectivity index (χ1n) is 16.0. The molecule has 8 aromatic rings. The van der Waals surface area contributed by atoms with Crippen molar-refractivity contribution in [1.82, 2.24) is 0 Å². The number of fused-ring (bicyclic) bond motifs is 5. The molecule has 0 aliphatic heterocycles. The van der Waals surface area contributed by atoms with Crippen molar-refractivity contribution in [3.8, 4) is 33.4 Å². The third-order valence-electron chi connectivity index (χ3n) is 9.30. The summed E-state index contributed by atoms with van der Waals surface area (Å²) in [5.41, 5.74) is 9.72. The molecule has 0 spiro atoms. The van der Waals surface area contributed by atoms with Crippen LogP contribution < -0.4 is 32.3 Å². The fourth-order valence-corrected chi connectivity index (χ4v) is 6.86. The minimum atomic E-state index is 0.513. The topological polar surface area (TPSA) is 13.1 Å². The highest BCUT2D eigenvalue weighted by Gasteiger charge is 2.19. The molecular weight excluding hydrogens is 588 g/mol. The molecular formula is C44H26B4O. The van der Waals surface area contributed by atoms with E-state index in [1.54, 1.807) is 0 Å². The summed E-state index contributed by atoms with van der Waals surface area (Å²) in [6.07, 6.45) is 0. The average Bonchev–Trinajstić information content (AvgIpc) is 3.46. The largest absolute Gasteiger partial charge is 0.456 e. The van der Waals surface area contributed by atoms with Crippen LogP contribution in [-0.4, -0.2) is 31.4 Å². The number of furan rings is 1. The molecule has 1 aromatic heterocycles. The molecule has 0 unspecified atom stereocenters. The zero-order valence-electron chi connectivity index (χ0n) is 26.8. The maximum atomic E-state index is 6.48. The van der Waals surface area contributed by atoms with Crippen LogP contribution >= 0.6 is 0 Å². The first-order valence-corrected chi connectivity index (χ1v) is 16.0. The second kappa shape index (κ2) is 12.1. The molecule has 49 heavy (non-hydrogen) atoms. The molecule has 0 saturated carbocycles. The molecule has 1 nitrogen and oxygen atoms in total. The Morgan fingerprint density at radius 3 is 1.59 bits per heavy atom. The van der Waals surface area contributed by atoms with Crippen LogP contribution in [0.5, 0.6) is 0 Å². The SMILES string of the molecule is [B]c1cc2c(-c3ccccc3)c3cc([B])c([B])cc3c(-c3ccc4oc5cc(-c6cccc(=C)ccccc6=C)ccc5c4c3)c2cc1[B]. The minimum Gasteiger partial charge on any atom is -0.456 e. The Kier molecular flexibility index (Phi) is 7.57. The summed E-state index contributed by atoms with van der Waals surface area (Å²) in [5.74, 6) is 0. The van der Waals surface area contributed by atoms with Crippen molar-refractivity contribution in [3.05, 3.63) is 144 Å². The second-order valence-corrected chi connectivity index (χ2v) is 12.5. The van der Waals surface area contributed by atoms with Gasteiger partial charge < -0.3 is 4.42 Å². The first kappa shape index (κ1) is 30.7. The number of hydrogen-bond donors (Lipinski definition) is 0. The molecule has 0 bridgehead atoms. The van der Waals surface area contributed by atoms with Crippen LogP contribution in [-0.2, 0) is 0 Å². The molecule has 220 valence electrons. The maximum absolute atomic E-state index is 6.48. The minimum absolute atomic E-state index is 0.513. The number of hydrogen-bond acceptors (Lipinski definition) is 1. The second-order valence-electron chi connectivity index (χ2n) is 12.5. The molecule has 8 rings (SSSR count). The van der Waals surface area contributed by atoms with E-state index in [0.717, 1.165) is 87.3 Å². The Balaban J connectivity index is 1.40. The van der Waals surface area contributed by atoms with Gasteiger partial charge in [0, 0.05) is 10.8 Å². The molecule has 8 radical (unpaired) electrons. The van der Waals surface area contributed by atoms with Crippen molar-refractivity contribution in [2.24, 2.45) is 0 Å². The van der Waals surface area contributed by atoms with Gasteiger partial charge in [-0.25, -0.2) is 0 Å². The third-order valence-corrected chi connectivity index (χ3v) is 9.30. The van der Waals surface area contributed by atoms with E-state index in [2.05, 4.69) is 61.7 Å². The first-order chi connectivity index (χ1) is 23.8. The molecule has 0 amide bonds. The number of rotatable bonds is 3. The molecule has 0 aliphatic carbocycles. The molecule has 7 aromatic carbocycles. The summed E-state index contributed by atoms with van der Waals surface area (Å²) < 4.78 is 6.46. The van der Waals surface area contributed by atoms with Gasteiger partial charge in [0.25, 0.3) is 0 Å². The van der Waals surface area contributed by atoms with Crippen LogP contribution in [0.4, 0.5) is 0 Å². The van der Waals surface area contributed by atoms with Gasteiger partial charge in [-0.05, 0) is 89.6 Å². The van der Waals surface area contributed by atoms with Crippen molar-refractivity contribution in [2.45, 2.75) is 0 Å². The van der Waals surface area contributed by atoms with E-state index in [-0.39, 0.29) is 0 Å². The fourth-order valence-electron chi connectivity index (χ4n) is 6.86. The summed E-state index contributed by atoms with van der Waals surface area (Å²) in [7, 11) is 25.9. The van der Waals surface area contributed by atoms with Crippen LogP contribution in [0.2, 0.25) is 0 Å². The average molecular weight is 614 g/mol. The van der Waals surface area contributed by atoms with Crippen LogP contribution in [0.1, 0.15) is 0 Å². The van der Waals surface area contributed by atoms with Crippen molar-refractivity contribution in [1.29, 1.82) is 0 Å². The highest BCUT2D eigenvalue weighted by atomic mass is 16.3. The Morgan fingerprint density at radius 1 is 0.388 bits per heavy atom. The number of benzene rings is 6. The molecule has 0 N–H and O–H groups in total. The summed E-state index contributed by atoms with van der Waals surface area (Å²) in [5, 5.41) is 7.73. The lowest BCUT2D eigenvalue weighted by Crippen LogP contribution is -2.26. The van der Waals surface area contributed by atoms with Crippen LogP contribution in [0.25, 0.3) is 90.0 Å². The summed E-state index contributed by atoms with van der Waals surface area (Å²) in [4.78, 5) is 0. The van der Waals surface area contributed by atoms with E-state index in [0.29, 0.717) is 21.9 Å². The highest BCUT2D eigenvalue weighted by molar-refractivity contribution is 6.51. The summed E-state index contributed by atoms with van der Waals surface area (Å²) in [6.45, 7) is 8.39. The van der Waals surface area contributed by atoms with Gasteiger partial charge in [0.2, 0.25) is 0 Å². The van der Waals surface area contributed by atoms with Gasteiger partial charge >= 0.3 is 0 Å². The van der Waals surface area contributed by atoms with Crippen LogP contribution in [0.3, 0.4) is 0 Å². The Hall–Kier alpha value is -5.66. The summed E-state index contributed by atoms with van der Waals surface area (Å²) in [6, 6.07) is 44.7. The van der Waals surface area contributed by atoms with Crippen LogP contribution in [0, 0.1) is 0 Å². The molecule has 0 saturated heterocycles. The van der Waals surface area contributed by atoms with Crippen molar-refractivity contribution in [2.75, 3.05) is 0 Å². The third kappa shape index (κ3) is 5.36. The zero-order valence-corrected chi connectivity index (χ0v) is 26.8. The van der Waals surface area contributed by atoms with Gasteiger partial charge in [0.15, 0.2) is 0 Å². The van der Waals surface area contributed by atoms with Crippen molar-refractivity contribution < 1.29 is 4.42 Å². The van der Waals surface area contributed by atoms with Crippen LogP contribution in [0.15, 0.2) is 138 Å². The molecule has 0 atom stereocenters. The highest BCUT2D eigenvalue weighted by Crippen LogP contribution is 2.44. The van der Waals surface area contributed by atoms with E-state index >= 15 is 0 Å². The molecule has 0 fully saturated rings. The Bertz CT molecular complexity index is 2730. The van der Waals surface area contributed by atoms with Gasteiger partial charge in [-0.1, -0.05) is 122 Å². The predicted molar refractivity (Wildman–Crippen MR) is 215 cm³/mol. The quantitative estimate of drug-likeness (QED) is 0.176. The van der Waals surface area contributed by atoms with Crippen molar-refractivity contribution in [3.63, 3.8) is 0 Å². The fraction of sp³-hybridized carbons (Fsp3) is 0. The lowest BCUT2D eigenvalue weighted by atomic mass is 9.73. The van der Waals surface area contributed by atoms with E-state index in [1.165, 1.54) is 0 Å².